The molecule has 0 unspecified atom stereocenters. The van der Waals surface area contributed by atoms with Gasteiger partial charge < -0.3 is 14.9 Å². The van der Waals surface area contributed by atoms with Crippen LogP contribution in [0.2, 0.25) is 0 Å². The zero-order valence-corrected chi connectivity index (χ0v) is 15.0. The topological polar surface area (TPSA) is 112 Å². The predicted octanol–water partition coefficient (Wildman–Crippen LogP) is 2.89. The molecule has 3 N–H and O–H groups in total. The number of hydrogen-bond acceptors (Lipinski definition) is 5. The van der Waals surface area contributed by atoms with E-state index in [0.717, 1.165) is 16.2 Å². The van der Waals surface area contributed by atoms with Crippen LogP contribution in [0.5, 0.6) is 0 Å². The third-order valence-electron chi connectivity index (χ3n) is 4.24. The van der Waals surface area contributed by atoms with Crippen LogP contribution in [-0.2, 0) is 20.7 Å². The Bertz CT molecular complexity index is 1020. The maximum Gasteiger partial charge on any atom is 0.318 e. The number of primary amides is 1. The predicted molar refractivity (Wildman–Crippen MR) is 99.9 cm³/mol. The summed E-state index contributed by atoms with van der Waals surface area (Å²) in [6.07, 6.45) is 0.347. The number of carbonyl (C=O) groups excluding carboxylic acids is 3. The number of hydrogen-bond donors (Lipinski definition) is 2. The lowest BCUT2D eigenvalue weighted by molar-refractivity contribution is -0.157. The molecule has 0 bridgehead atoms. The zero-order chi connectivity index (χ0) is 19.6. The van der Waals surface area contributed by atoms with Gasteiger partial charge in [-0.25, -0.2) is 4.79 Å². The van der Waals surface area contributed by atoms with Crippen LogP contribution in [0, 0.1) is 5.92 Å². The van der Waals surface area contributed by atoms with Crippen LogP contribution in [0.25, 0.3) is 21.7 Å². The van der Waals surface area contributed by atoms with E-state index in [1.807, 2.05) is 41.7 Å². The van der Waals surface area contributed by atoms with E-state index in [9.17, 15) is 14.4 Å². The van der Waals surface area contributed by atoms with Gasteiger partial charge in [0.15, 0.2) is 6.10 Å². The standard InChI is InChI=1S/C20H20N2O5/c1-11(2)18(19(24)22-20(21)25)27-16(23)9-13-10-26-15-8-7-12-5-3-4-6-14(12)17(13)15/h3-8,10-11,18H,9H2,1-2H3,(H3,21,22,24,25)/t18-/m1/s1. The van der Waals surface area contributed by atoms with Crippen molar-refractivity contribution >= 4 is 39.6 Å². The molecular weight excluding hydrogens is 348 g/mol. The fourth-order valence-electron chi connectivity index (χ4n) is 3.03. The van der Waals surface area contributed by atoms with Crippen molar-refractivity contribution in [2.75, 3.05) is 0 Å². The second-order valence-corrected chi connectivity index (χ2v) is 6.61. The molecule has 7 heteroatoms. The maximum absolute atomic E-state index is 12.4. The number of amides is 3. The van der Waals surface area contributed by atoms with Crippen LogP contribution in [0.3, 0.4) is 0 Å². The number of fused-ring (bicyclic) bond motifs is 3. The summed E-state index contributed by atoms with van der Waals surface area (Å²) in [7, 11) is 0. The lowest BCUT2D eigenvalue weighted by Crippen LogP contribution is -2.45. The van der Waals surface area contributed by atoms with Crippen molar-refractivity contribution in [1.29, 1.82) is 0 Å². The maximum atomic E-state index is 12.4. The molecule has 0 radical (unpaired) electrons. The molecule has 1 aromatic heterocycles. The molecule has 3 aromatic rings. The number of nitrogens with one attached hydrogen (secondary N) is 1. The fourth-order valence-corrected chi connectivity index (χ4v) is 3.03. The van der Waals surface area contributed by atoms with Gasteiger partial charge in [0.2, 0.25) is 0 Å². The van der Waals surface area contributed by atoms with Crippen LogP contribution in [0.1, 0.15) is 19.4 Å². The summed E-state index contributed by atoms with van der Waals surface area (Å²) in [6, 6.07) is 10.6. The Kier molecular flexibility index (Phi) is 5.12. The number of carbonyl (C=O) groups is 3. The first-order valence-electron chi connectivity index (χ1n) is 8.54. The molecule has 140 valence electrons. The molecule has 27 heavy (non-hydrogen) atoms. The van der Waals surface area contributed by atoms with Gasteiger partial charge in [0.05, 0.1) is 12.7 Å². The van der Waals surface area contributed by atoms with Gasteiger partial charge in [-0.15, -0.1) is 0 Å². The van der Waals surface area contributed by atoms with Crippen molar-refractivity contribution in [3.8, 4) is 0 Å². The zero-order valence-electron chi connectivity index (χ0n) is 15.0. The molecule has 0 saturated carbocycles. The van der Waals surface area contributed by atoms with Gasteiger partial charge in [-0.3, -0.25) is 14.9 Å². The van der Waals surface area contributed by atoms with Gasteiger partial charge in [-0.2, -0.15) is 0 Å². The van der Waals surface area contributed by atoms with Crippen LogP contribution >= 0.6 is 0 Å². The van der Waals surface area contributed by atoms with E-state index in [-0.39, 0.29) is 12.3 Å². The average Bonchev–Trinajstić information content (AvgIpc) is 3.02. The van der Waals surface area contributed by atoms with Crippen molar-refractivity contribution in [2.45, 2.75) is 26.4 Å². The number of furan rings is 1. The summed E-state index contributed by atoms with van der Waals surface area (Å²) in [4.78, 5) is 35.3. The van der Waals surface area contributed by atoms with Gasteiger partial charge in [-0.05, 0) is 22.8 Å². The highest BCUT2D eigenvalue weighted by atomic mass is 16.5. The number of ether oxygens (including phenoxy) is 1. The minimum atomic E-state index is -1.11. The molecule has 0 fully saturated rings. The highest BCUT2D eigenvalue weighted by molar-refractivity contribution is 6.08. The third kappa shape index (κ3) is 3.92. The normalized spacial score (nSPS) is 12.3. The number of rotatable bonds is 5. The Morgan fingerprint density at radius 3 is 2.59 bits per heavy atom. The van der Waals surface area contributed by atoms with E-state index in [4.69, 9.17) is 14.9 Å². The molecule has 0 spiro atoms. The highest BCUT2D eigenvalue weighted by Gasteiger charge is 2.28. The quantitative estimate of drug-likeness (QED) is 0.673. The first-order chi connectivity index (χ1) is 12.9. The smallest absolute Gasteiger partial charge is 0.318 e. The summed E-state index contributed by atoms with van der Waals surface area (Å²) in [5.41, 5.74) is 6.30. The Balaban J connectivity index is 1.84. The summed E-state index contributed by atoms with van der Waals surface area (Å²) in [5, 5.41) is 4.79. The molecule has 0 aliphatic carbocycles. The molecule has 0 aliphatic heterocycles. The van der Waals surface area contributed by atoms with E-state index >= 15 is 0 Å². The minimum Gasteiger partial charge on any atom is -0.464 e. The molecule has 2 aromatic carbocycles. The van der Waals surface area contributed by atoms with Crippen LogP contribution in [0.15, 0.2) is 47.1 Å². The van der Waals surface area contributed by atoms with Crippen molar-refractivity contribution in [3.05, 3.63) is 48.2 Å². The molecule has 7 nitrogen and oxygen atoms in total. The third-order valence-corrected chi connectivity index (χ3v) is 4.24. The monoisotopic (exact) mass is 368 g/mol. The van der Waals surface area contributed by atoms with Crippen molar-refractivity contribution in [3.63, 3.8) is 0 Å². The van der Waals surface area contributed by atoms with Crippen LogP contribution in [-0.4, -0.2) is 24.0 Å². The Morgan fingerprint density at radius 1 is 1.15 bits per heavy atom. The molecule has 1 heterocycles. The van der Waals surface area contributed by atoms with E-state index in [1.165, 1.54) is 6.26 Å². The summed E-state index contributed by atoms with van der Waals surface area (Å²) < 4.78 is 10.9. The van der Waals surface area contributed by atoms with E-state index < -0.39 is 24.0 Å². The molecular formula is C20H20N2O5. The number of esters is 1. The Hall–Kier alpha value is -3.35. The Labute approximate surface area is 155 Å². The summed E-state index contributed by atoms with van der Waals surface area (Å²) in [6.45, 7) is 3.42. The average molecular weight is 368 g/mol. The highest BCUT2D eigenvalue weighted by Crippen LogP contribution is 2.30. The second-order valence-electron chi connectivity index (χ2n) is 6.61. The first-order valence-corrected chi connectivity index (χ1v) is 8.54. The minimum absolute atomic E-state index is 0.0614. The van der Waals surface area contributed by atoms with Gasteiger partial charge >= 0.3 is 12.0 Å². The van der Waals surface area contributed by atoms with E-state index in [0.29, 0.717) is 11.1 Å². The number of nitrogens with two attached hydrogens (primary N) is 1. The van der Waals surface area contributed by atoms with Crippen molar-refractivity contribution < 1.29 is 23.5 Å². The largest absolute Gasteiger partial charge is 0.464 e. The van der Waals surface area contributed by atoms with Gasteiger partial charge in [-0.1, -0.05) is 44.2 Å². The van der Waals surface area contributed by atoms with Gasteiger partial charge in [0, 0.05) is 10.9 Å². The van der Waals surface area contributed by atoms with Gasteiger partial charge in [0.1, 0.15) is 5.58 Å². The number of benzene rings is 2. The lowest BCUT2D eigenvalue weighted by Gasteiger charge is -2.19. The SMILES string of the molecule is CC(C)[C@@H](OC(=O)Cc1coc2ccc3ccccc3c12)C(=O)NC(N)=O. The van der Waals surface area contributed by atoms with Crippen molar-refractivity contribution in [1.82, 2.24) is 5.32 Å². The van der Waals surface area contributed by atoms with Crippen molar-refractivity contribution in [2.24, 2.45) is 11.7 Å². The molecule has 1 atom stereocenters. The lowest BCUT2D eigenvalue weighted by atomic mass is 10.0. The molecule has 3 rings (SSSR count). The number of urea groups is 1. The summed E-state index contributed by atoms with van der Waals surface area (Å²) >= 11 is 0. The molecule has 0 aliphatic rings. The first kappa shape index (κ1) is 18.4. The Morgan fingerprint density at radius 2 is 1.89 bits per heavy atom. The molecule has 3 amide bonds. The van der Waals surface area contributed by atoms with E-state index in [1.54, 1.807) is 13.8 Å². The molecule has 0 saturated heterocycles. The van der Waals surface area contributed by atoms with Crippen LogP contribution < -0.4 is 11.1 Å². The van der Waals surface area contributed by atoms with E-state index in [2.05, 4.69) is 0 Å². The second kappa shape index (κ2) is 7.49. The fraction of sp³-hybridized carbons (Fsp3) is 0.250. The van der Waals surface area contributed by atoms with Gasteiger partial charge in [0.25, 0.3) is 5.91 Å². The van der Waals surface area contributed by atoms with Crippen LogP contribution in [0.4, 0.5) is 4.79 Å². The summed E-state index contributed by atoms with van der Waals surface area (Å²) in [5.74, 6) is -1.66. The number of imide groups is 1.